The summed E-state index contributed by atoms with van der Waals surface area (Å²) in [7, 11) is 0. The highest BCUT2D eigenvalue weighted by Gasteiger charge is 2.16. The van der Waals surface area contributed by atoms with E-state index in [4.69, 9.17) is 4.74 Å². The van der Waals surface area contributed by atoms with Gasteiger partial charge in [-0.15, -0.1) is 21.5 Å². The molecule has 1 saturated heterocycles. The molecule has 0 bridgehead atoms. The summed E-state index contributed by atoms with van der Waals surface area (Å²) in [6.07, 6.45) is 2.19. The van der Waals surface area contributed by atoms with E-state index in [1.807, 2.05) is 11.4 Å². The topological polar surface area (TPSA) is 93.2 Å². The Morgan fingerprint density at radius 2 is 2.24 bits per heavy atom. The number of carbonyl (C=O) groups excluding carboxylic acids is 2. The summed E-state index contributed by atoms with van der Waals surface area (Å²) in [5, 5.41) is 16.0. The number of ether oxygens (including phenoxy) is 1. The molecule has 0 spiro atoms. The van der Waals surface area contributed by atoms with Gasteiger partial charge in [0, 0.05) is 13.2 Å². The van der Waals surface area contributed by atoms with Crippen molar-refractivity contribution in [1.82, 2.24) is 15.5 Å². The van der Waals surface area contributed by atoms with Gasteiger partial charge in [-0.1, -0.05) is 17.8 Å². The lowest BCUT2D eigenvalue weighted by Gasteiger charge is -2.10. The van der Waals surface area contributed by atoms with Crippen molar-refractivity contribution in [2.75, 3.05) is 24.2 Å². The van der Waals surface area contributed by atoms with E-state index < -0.39 is 0 Å². The maximum Gasteiger partial charge on any atom is 0.266 e. The molecule has 0 unspecified atom stereocenters. The van der Waals surface area contributed by atoms with Crippen LogP contribution in [0.15, 0.2) is 34.7 Å². The number of thiophene rings is 1. The number of amides is 2. The normalized spacial score (nSPS) is 16.6. The van der Waals surface area contributed by atoms with Crippen molar-refractivity contribution in [2.24, 2.45) is 0 Å². The summed E-state index contributed by atoms with van der Waals surface area (Å²) < 4.78 is 5.46. The van der Waals surface area contributed by atoms with E-state index in [0.29, 0.717) is 22.3 Å². The molecule has 1 aliphatic rings. The number of hydrogen-bond acceptors (Lipinski definition) is 7. The Bertz CT molecular complexity index is 701. The third-order valence-electron chi connectivity index (χ3n) is 3.53. The van der Waals surface area contributed by atoms with Gasteiger partial charge in [0.2, 0.25) is 5.91 Å². The summed E-state index contributed by atoms with van der Waals surface area (Å²) >= 11 is 2.66. The lowest BCUT2D eigenvalue weighted by atomic mass is 10.2. The van der Waals surface area contributed by atoms with Crippen LogP contribution in [0.1, 0.15) is 22.5 Å². The van der Waals surface area contributed by atoms with Crippen LogP contribution < -0.4 is 10.6 Å². The zero-order valence-corrected chi connectivity index (χ0v) is 15.1. The number of aromatic nitrogens is 2. The van der Waals surface area contributed by atoms with Gasteiger partial charge in [-0.3, -0.25) is 9.59 Å². The van der Waals surface area contributed by atoms with Gasteiger partial charge in [-0.05, 0) is 36.4 Å². The van der Waals surface area contributed by atoms with Gasteiger partial charge in [0.05, 0.1) is 16.7 Å². The first kappa shape index (κ1) is 17.8. The first-order valence-electron chi connectivity index (χ1n) is 7.90. The first-order valence-corrected chi connectivity index (χ1v) is 9.77. The van der Waals surface area contributed by atoms with Crippen LogP contribution in [-0.4, -0.2) is 47.0 Å². The second kappa shape index (κ2) is 8.93. The highest BCUT2D eigenvalue weighted by Crippen LogP contribution is 2.16. The van der Waals surface area contributed by atoms with Crippen molar-refractivity contribution in [3.05, 3.63) is 34.5 Å². The van der Waals surface area contributed by atoms with Crippen LogP contribution in [0.4, 0.5) is 5.82 Å². The monoisotopic (exact) mass is 378 g/mol. The minimum Gasteiger partial charge on any atom is -0.376 e. The Labute approximate surface area is 153 Å². The average molecular weight is 378 g/mol. The molecule has 1 aliphatic heterocycles. The predicted molar refractivity (Wildman–Crippen MR) is 97.0 cm³/mol. The summed E-state index contributed by atoms with van der Waals surface area (Å²) in [5.74, 6) is 0.378. The molecule has 2 amide bonds. The highest BCUT2D eigenvalue weighted by molar-refractivity contribution is 7.99. The Kier molecular flexibility index (Phi) is 6.37. The number of anilines is 1. The van der Waals surface area contributed by atoms with Gasteiger partial charge in [0.25, 0.3) is 5.91 Å². The van der Waals surface area contributed by atoms with E-state index >= 15 is 0 Å². The number of rotatable bonds is 7. The Morgan fingerprint density at radius 3 is 2.92 bits per heavy atom. The van der Waals surface area contributed by atoms with Gasteiger partial charge in [0.1, 0.15) is 5.03 Å². The van der Waals surface area contributed by atoms with Crippen molar-refractivity contribution in [3.8, 4) is 0 Å². The molecule has 0 aliphatic carbocycles. The molecule has 0 radical (unpaired) electrons. The Balaban J connectivity index is 1.41. The summed E-state index contributed by atoms with van der Waals surface area (Å²) in [6, 6.07) is 6.96. The van der Waals surface area contributed by atoms with Crippen molar-refractivity contribution < 1.29 is 14.3 Å². The van der Waals surface area contributed by atoms with Crippen LogP contribution >= 0.6 is 23.1 Å². The summed E-state index contributed by atoms with van der Waals surface area (Å²) in [5.41, 5.74) is 0. The summed E-state index contributed by atoms with van der Waals surface area (Å²) in [6.45, 7) is 1.33. The van der Waals surface area contributed by atoms with Crippen molar-refractivity contribution in [1.29, 1.82) is 0 Å². The molecule has 2 N–H and O–H groups in total. The zero-order valence-electron chi connectivity index (χ0n) is 13.4. The molecular formula is C16H18N4O3S2. The molecule has 1 fully saturated rings. The lowest BCUT2D eigenvalue weighted by molar-refractivity contribution is -0.119. The standard InChI is InChI=1S/C16H18N4O3S2/c21-14(17-9-11-3-1-7-23-11)10-25-15-6-5-13(19-20-15)18-16(22)12-4-2-8-24-12/h2,4-6,8,11H,1,3,7,9-10H2,(H,17,21)(H,18,19,22)/t11-/m1/s1. The van der Waals surface area contributed by atoms with Crippen LogP contribution in [-0.2, 0) is 9.53 Å². The van der Waals surface area contributed by atoms with Gasteiger partial charge >= 0.3 is 0 Å². The molecule has 132 valence electrons. The molecule has 9 heteroatoms. The quantitative estimate of drug-likeness (QED) is 0.718. The second-order valence-electron chi connectivity index (χ2n) is 5.42. The van der Waals surface area contributed by atoms with Crippen LogP contribution in [0.5, 0.6) is 0 Å². The highest BCUT2D eigenvalue weighted by atomic mass is 32.2. The van der Waals surface area contributed by atoms with Gasteiger partial charge in [-0.25, -0.2) is 0 Å². The van der Waals surface area contributed by atoms with Gasteiger partial charge in [-0.2, -0.15) is 0 Å². The van der Waals surface area contributed by atoms with E-state index in [9.17, 15) is 9.59 Å². The summed E-state index contributed by atoms with van der Waals surface area (Å²) in [4.78, 5) is 24.4. The lowest BCUT2D eigenvalue weighted by Crippen LogP contribution is -2.32. The number of carbonyl (C=O) groups is 2. The van der Waals surface area contributed by atoms with E-state index in [1.54, 1.807) is 18.2 Å². The minimum absolute atomic E-state index is 0.0580. The third kappa shape index (κ3) is 5.52. The SMILES string of the molecule is O=C(CSc1ccc(NC(=O)c2cccs2)nn1)NC[C@H]1CCCO1. The zero-order chi connectivity index (χ0) is 17.5. The van der Waals surface area contributed by atoms with E-state index in [2.05, 4.69) is 20.8 Å². The van der Waals surface area contributed by atoms with Crippen LogP contribution in [0, 0.1) is 0 Å². The molecular weight excluding hydrogens is 360 g/mol. The number of nitrogens with zero attached hydrogens (tertiary/aromatic N) is 2. The van der Waals surface area contributed by atoms with E-state index in [-0.39, 0.29) is 23.7 Å². The number of hydrogen-bond donors (Lipinski definition) is 2. The predicted octanol–water partition coefficient (Wildman–Crippen LogP) is 2.18. The fourth-order valence-electron chi connectivity index (χ4n) is 2.27. The fraction of sp³-hybridized carbons (Fsp3) is 0.375. The number of thioether (sulfide) groups is 1. The smallest absolute Gasteiger partial charge is 0.266 e. The molecule has 3 heterocycles. The van der Waals surface area contributed by atoms with Crippen molar-refractivity contribution >= 4 is 40.7 Å². The van der Waals surface area contributed by atoms with E-state index in [1.165, 1.54) is 23.1 Å². The van der Waals surface area contributed by atoms with E-state index in [0.717, 1.165) is 19.4 Å². The van der Waals surface area contributed by atoms with Crippen LogP contribution in [0.2, 0.25) is 0 Å². The Hall–Kier alpha value is -1.97. The van der Waals surface area contributed by atoms with Crippen LogP contribution in [0.25, 0.3) is 0 Å². The Morgan fingerprint density at radius 1 is 1.32 bits per heavy atom. The molecule has 0 aromatic carbocycles. The van der Waals surface area contributed by atoms with Crippen LogP contribution in [0.3, 0.4) is 0 Å². The second-order valence-corrected chi connectivity index (χ2v) is 7.36. The minimum atomic E-state index is -0.210. The average Bonchev–Trinajstić information content (AvgIpc) is 3.33. The molecule has 2 aromatic rings. The largest absolute Gasteiger partial charge is 0.376 e. The fourth-order valence-corrected chi connectivity index (χ4v) is 3.54. The molecule has 1 atom stereocenters. The maximum atomic E-state index is 11.9. The number of nitrogens with one attached hydrogen (secondary N) is 2. The van der Waals surface area contributed by atoms with Gasteiger partial charge < -0.3 is 15.4 Å². The molecule has 2 aromatic heterocycles. The third-order valence-corrected chi connectivity index (χ3v) is 5.32. The molecule has 0 saturated carbocycles. The molecule has 7 nitrogen and oxygen atoms in total. The van der Waals surface area contributed by atoms with Crippen molar-refractivity contribution in [3.63, 3.8) is 0 Å². The maximum absolute atomic E-state index is 11.9. The van der Waals surface area contributed by atoms with Gasteiger partial charge in [0.15, 0.2) is 5.82 Å². The molecule has 3 rings (SSSR count). The first-order chi connectivity index (χ1) is 12.2. The molecule has 25 heavy (non-hydrogen) atoms. The van der Waals surface area contributed by atoms with Crippen molar-refractivity contribution in [2.45, 2.75) is 24.0 Å².